The first-order valence-corrected chi connectivity index (χ1v) is 8.36. The molecule has 0 aliphatic heterocycles. The SMILES string of the molecule is CC(C)CCCOc1cn[nH]c(=O)c1Cc1ccc(Cl)cc1Cl. The molecule has 2 aromatic rings. The summed E-state index contributed by atoms with van der Waals surface area (Å²) in [6.45, 7) is 4.90. The van der Waals surface area contributed by atoms with Gasteiger partial charge in [-0.2, -0.15) is 5.10 Å². The number of aromatic amines is 1. The van der Waals surface area contributed by atoms with Crippen LogP contribution in [-0.2, 0) is 6.42 Å². The smallest absolute Gasteiger partial charge is 0.271 e. The molecule has 0 amide bonds. The fraction of sp³-hybridized carbons (Fsp3) is 0.412. The van der Waals surface area contributed by atoms with Gasteiger partial charge in [0, 0.05) is 16.5 Å². The highest BCUT2D eigenvalue weighted by atomic mass is 35.5. The van der Waals surface area contributed by atoms with Crippen molar-refractivity contribution in [3.63, 3.8) is 0 Å². The van der Waals surface area contributed by atoms with E-state index in [1.54, 1.807) is 12.1 Å². The zero-order valence-corrected chi connectivity index (χ0v) is 14.7. The molecule has 0 saturated heterocycles. The van der Waals surface area contributed by atoms with Gasteiger partial charge in [0.25, 0.3) is 5.56 Å². The van der Waals surface area contributed by atoms with Gasteiger partial charge < -0.3 is 4.74 Å². The van der Waals surface area contributed by atoms with Crippen LogP contribution < -0.4 is 10.3 Å². The Morgan fingerprint density at radius 2 is 2.09 bits per heavy atom. The first-order chi connectivity index (χ1) is 11.0. The minimum atomic E-state index is -0.266. The highest BCUT2D eigenvalue weighted by molar-refractivity contribution is 6.35. The van der Waals surface area contributed by atoms with E-state index >= 15 is 0 Å². The highest BCUT2D eigenvalue weighted by Crippen LogP contribution is 2.25. The number of aromatic nitrogens is 2. The van der Waals surface area contributed by atoms with Gasteiger partial charge in [-0.05, 0) is 36.5 Å². The lowest BCUT2D eigenvalue weighted by atomic mass is 10.1. The summed E-state index contributed by atoms with van der Waals surface area (Å²) >= 11 is 12.1. The van der Waals surface area contributed by atoms with Crippen LogP contribution in [0.5, 0.6) is 5.75 Å². The first-order valence-electron chi connectivity index (χ1n) is 7.60. The molecule has 1 aromatic carbocycles. The summed E-state index contributed by atoms with van der Waals surface area (Å²) < 4.78 is 5.75. The van der Waals surface area contributed by atoms with Gasteiger partial charge in [0.2, 0.25) is 0 Å². The molecule has 2 rings (SSSR count). The third kappa shape index (κ3) is 5.26. The van der Waals surface area contributed by atoms with Crippen molar-refractivity contribution in [1.82, 2.24) is 10.2 Å². The Morgan fingerprint density at radius 3 is 2.78 bits per heavy atom. The third-order valence-corrected chi connectivity index (χ3v) is 4.07. The van der Waals surface area contributed by atoms with Crippen LogP contribution in [0.3, 0.4) is 0 Å². The molecule has 0 aliphatic rings. The summed E-state index contributed by atoms with van der Waals surface area (Å²) in [5.74, 6) is 1.13. The lowest BCUT2D eigenvalue weighted by molar-refractivity contribution is 0.293. The molecule has 1 heterocycles. The largest absolute Gasteiger partial charge is 0.491 e. The van der Waals surface area contributed by atoms with Crippen LogP contribution in [0, 0.1) is 5.92 Å². The van der Waals surface area contributed by atoms with E-state index < -0.39 is 0 Å². The van der Waals surface area contributed by atoms with Crippen molar-refractivity contribution in [2.75, 3.05) is 6.61 Å². The average molecular weight is 355 g/mol. The molecule has 0 aliphatic carbocycles. The van der Waals surface area contributed by atoms with E-state index in [-0.39, 0.29) is 5.56 Å². The molecule has 0 spiro atoms. The lowest BCUT2D eigenvalue weighted by Gasteiger charge is -2.11. The second kappa shape index (κ2) is 8.37. The molecule has 124 valence electrons. The fourth-order valence-corrected chi connectivity index (χ4v) is 2.70. The summed E-state index contributed by atoms with van der Waals surface area (Å²) in [7, 11) is 0. The van der Waals surface area contributed by atoms with Crippen LogP contribution in [0.2, 0.25) is 10.0 Å². The molecule has 0 saturated carbocycles. The molecule has 4 nitrogen and oxygen atoms in total. The number of nitrogens with one attached hydrogen (secondary N) is 1. The van der Waals surface area contributed by atoms with Gasteiger partial charge in [0.15, 0.2) is 0 Å². The Bertz CT molecular complexity index is 714. The Kier molecular flexibility index (Phi) is 6.48. The average Bonchev–Trinajstić information content (AvgIpc) is 2.48. The third-order valence-electron chi connectivity index (χ3n) is 3.49. The van der Waals surface area contributed by atoms with Gasteiger partial charge in [0.05, 0.1) is 18.4 Å². The van der Waals surface area contributed by atoms with Crippen LogP contribution >= 0.6 is 23.2 Å². The van der Waals surface area contributed by atoms with Crippen molar-refractivity contribution < 1.29 is 4.74 Å². The Morgan fingerprint density at radius 1 is 1.30 bits per heavy atom. The molecule has 1 aromatic heterocycles. The maximum atomic E-state index is 12.1. The van der Waals surface area contributed by atoms with E-state index in [0.29, 0.717) is 40.3 Å². The number of benzene rings is 1. The van der Waals surface area contributed by atoms with E-state index in [1.807, 2.05) is 6.07 Å². The summed E-state index contributed by atoms with van der Waals surface area (Å²) in [5.41, 5.74) is 1.07. The number of halogens is 2. The summed E-state index contributed by atoms with van der Waals surface area (Å²) in [6, 6.07) is 5.23. The molecular weight excluding hydrogens is 335 g/mol. The zero-order valence-electron chi connectivity index (χ0n) is 13.2. The van der Waals surface area contributed by atoms with E-state index in [2.05, 4.69) is 24.0 Å². The molecule has 0 atom stereocenters. The van der Waals surface area contributed by atoms with Gasteiger partial charge in [-0.25, -0.2) is 5.10 Å². The van der Waals surface area contributed by atoms with Crippen molar-refractivity contribution in [3.8, 4) is 5.75 Å². The normalized spacial score (nSPS) is 11.0. The minimum absolute atomic E-state index is 0.266. The van der Waals surface area contributed by atoms with E-state index in [9.17, 15) is 4.79 Å². The maximum absolute atomic E-state index is 12.1. The van der Waals surface area contributed by atoms with Crippen LogP contribution in [0.25, 0.3) is 0 Å². The minimum Gasteiger partial charge on any atom is -0.491 e. The second-order valence-electron chi connectivity index (χ2n) is 5.84. The number of nitrogens with zero attached hydrogens (tertiary/aromatic N) is 1. The van der Waals surface area contributed by atoms with Crippen molar-refractivity contribution in [2.24, 2.45) is 5.92 Å². The van der Waals surface area contributed by atoms with Crippen molar-refractivity contribution >= 4 is 23.2 Å². The van der Waals surface area contributed by atoms with Gasteiger partial charge in [0.1, 0.15) is 5.75 Å². The first kappa shape index (κ1) is 17.8. The van der Waals surface area contributed by atoms with Crippen molar-refractivity contribution in [2.45, 2.75) is 33.1 Å². The standard InChI is InChI=1S/C17H20Cl2N2O2/c1-11(2)4-3-7-23-16-10-20-21-17(22)14(16)8-12-5-6-13(18)9-15(12)19/h5-6,9-11H,3-4,7-8H2,1-2H3,(H,21,22). The topological polar surface area (TPSA) is 55.0 Å². The Balaban J connectivity index is 2.15. The van der Waals surface area contributed by atoms with E-state index in [4.69, 9.17) is 27.9 Å². The lowest BCUT2D eigenvalue weighted by Crippen LogP contribution is -2.17. The number of hydrogen-bond donors (Lipinski definition) is 1. The molecule has 0 bridgehead atoms. The summed E-state index contributed by atoms with van der Waals surface area (Å²) in [6.07, 6.45) is 3.92. The van der Waals surface area contributed by atoms with Crippen LogP contribution in [-0.4, -0.2) is 16.8 Å². The van der Waals surface area contributed by atoms with E-state index in [0.717, 1.165) is 18.4 Å². The van der Waals surface area contributed by atoms with Crippen molar-refractivity contribution in [1.29, 1.82) is 0 Å². The fourth-order valence-electron chi connectivity index (χ4n) is 2.23. The summed E-state index contributed by atoms with van der Waals surface area (Å²) in [5, 5.41) is 7.36. The molecule has 0 unspecified atom stereocenters. The highest BCUT2D eigenvalue weighted by Gasteiger charge is 2.12. The van der Waals surface area contributed by atoms with Gasteiger partial charge >= 0.3 is 0 Å². The van der Waals surface area contributed by atoms with Crippen LogP contribution in [0.1, 0.15) is 37.8 Å². The number of rotatable bonds is 7. The molecular formula is C17H20Cl2N2O2. The monoisotopic (exact) mass is 354 g/mol. The van der Waals surface area contributed by atoms with Crippen LogP contribution in [0.15, 0.2) is 29.2 Å². The quantitative estimate of drug-likeness (QED) is 0.745. The Hall–Kier alpha value is -1.52. The molecule has 6 heteroatoms. The van der Waals surface area contributed by atoms with Crippen LogP contribution in [0.4, 0.5) is 0 Å². The number of H-pyrrole nitrogens is 1. The molecule has 0 radical (unpaired) electrons. The van der Waals surface area contributed by atoms with Gasteiger partial charge in [-0.1, -0.05) is 43.1 Å². The second-order valence-corrected chi connectivity index (χ2v) is 6.68. The van der Waals surface area contributed by atoms with Gasteiger partial charge in [-0.3, -0.25) is 4.79 Å². The predicted octanol–water partition coefficient (Wildman–Crippen LogP) is 4.48. The van der Waals surface area contributed by atoms with Gasteiger partial charge in [-0.15, -0.1) is 0 Å². The van der Waals surface area contributed by atoms with Crippen molar-refractivity contribution in [3.05, 3.63) is 55.9 Å². The van der Waals surface area contributed by atoms with E-state index in [1.165, 1.54) is 6.20 Å². The predicted molar refractivity (Wildman–Crippen MR) is 93.7 cm³/mol. The molecule has 23 heavy (non-hydrogen) atoms. The molecule has 1 N–H and O–H groups in total. The maximum Gasteiger partial charge on any atom is 0.271 e. The summed E-state index contributed by atoms with van der Waals surface area (Å²) in [4.78, 5) is 12.1. The molecule has 0 fully saturated rings. The number of hydrogen-bond acceptors (Lipinski definition) is 3. The Labute approximate surface area is 145 Å². The zero-order chi connectivity index (χ0) is 16.8. The number of ether oxygens (including phenoxy) is 1.